The molecule has 0 spiro atoms. The fraction of sp³-hybridized carbons (Fsp3) is 0.385. The van der Waals surface area contributed by atoms with Gasteiger partial charge in [0.1, 0.15) is 11.5 Å². The van der Waals surface area contributed by atoms with Crippen molar-refractivity contribution in [2.45, 2.75) is 0 Å². The highest BCUT2D eigenvalue weighted by Crippen LogP contribution is 2.22. The van der Waals surface area contributed by atoms with Crippen LogP contribution in [0.15, 0.2) is 18.2 Å². The van der Waals surface area contributed by atoms with Gasteiger partial charge in [0.25, 0.3) is 5.91 Å². The van der Waals surface area contributed by atoms with Crippen molar-refractivity contribution in [3.8, 4) is 11.5 Å². The minimum Gasteiger partial charge on any atom is -0.497 e. The summed E-state index contributed by atoms with van der Waals surface area (Å²) in [6.07, 6.45) is 0. The molecule has 1 rings (SSSR count). The van der Waals surface area contributed by atoms with Crippen LogP contribution in [0, 0.1) is 0 Å². The molecular weight excluding hydrogens is 282 g/mol. The Hall–Kier alpha value is -1.89. The second-order valence-electron chi connectivity index (χ2n) is 3.80. The van der Waals surface area contributed by atoms with Crippen LogP contribution in [0.25, 0.3) is 0 Å². The Morgan fingerprint density at radius 3 is 2.30 bits per heavy atom. The molecule has 0 aromatic heterocycles. The summed E-state index contributed by atoms with van der Waals surface area (Å²) in [7, 11) is 3.03. The van der Waals surface area contributed by atoms with Crippen molar-refractivity contribution >= 4 is 23.6 Å². The molecule has 0 radical (unpaired) electrons. The van der Waals surface area contributed by atoms with Crippen molar-refractivity contribution in [3.05, 3.63) is 23.8 Å². The molecule has 0 aliphatic rings. The molecule has 0 heterocycles. The van der Waals surface area contributed by atoms with Crippen LogP contribution in [0.4, 0.5) is 0 Å². The average molecular weight is 299 g/mol. The maximum Gasteiger partial charge on any atom is 0.313 e. The number of carbonyl (C=O) groups is 2. The van der Waals surface area contributed by atoms with E-state index in [0.717, 1.165) is 0 Å². The lowest BCUT2D eigenvalue weighted by Crippen LogP contribution is -2.26. The number of methoxy groups -OCH3 is 2. The number of ether oxygens (including phenoxy) is 2. The summed E-state index contributed by atoms with van der Waals surface area (Å²) in [5.74, 6) is 0.531. The highest BCUT2D eigenvalue weighted by molar-refractivity contribution is 7.99. The fourth-order valence-electron chi connectivity index (χ4n) is 1.44. The lowest BCUT2D eigenvalue weighted by atomic mass is 10.2. The number of carboxylic acids is 1. The zero-order valence-corrected chi connectivity index (χ0v) is 12.2. The smallest absolute Gasteiger partial charge is 0.313 e. The van der Waals surface area contributed by atoms with Crippen molar-refractivity contribution in [2.24, 2.45) is 0 Å². The van der Waals surface area contributed by atoms with E-state index in [4.69, 9.17) is 14.6 Å². The quantitative estimate of drug-likeness (QED) is 0.703. The molecule has 1 aromatic carbocycles. The summed E-state index contributed by atoms with van der Waals surface area (Å²) in [6, 6.07) is 4.91. The Morgan fingerprint density at radius 1 is 1.20 bits per heavy atom. The first-order chi connectivity index (χ1) is 9.56. The van der Waals surface area contributed by atoms with E-state index in [-0.39, 0.29) is 11.7 Å². The summed E-state index contributed by atoms with van der Waals surface area (Å²) >= 11 is 1.25. The molecule has 0 fully saturated rings. The number of carbonyl (C=O) groups excluding carboxylic acids is 1. The molecule has 20 heavy (non-hydrogen) atoms. The molecule has 0 aliphatic heterocycles. The Balaban J connectivity index is 2.52. The maximum atomic E-state index is 11.9. The number of nitrogens with one attached hydrogen (secondary N) is 1. The number of thioether (sulfide) groups is 1. The van der Waals surface area contributed by atoms with Gasteiger partial charge in [0.2, 0.25) is 0 Å². The van der Waals surface area contributed by atoms with Crippen molar-refractivity contribution in [1.29, 1.82) is 0 Å². The summed E-state index contributed by atoms with van der Waals surface area (Å²) in [4.78, 5) is 22.3. The third-order valence-electron chi connectivity index (χ3n) is 2.37. The lowest BCUT2D eigenvalue weighted by molar-refractivity contribution is -0.133. The first-order valence-corrected chi connectivity index (χ1v) is 7.03. The molecule has 0 bridgehead atoms. The van der Waals surface area contributed by atoms with Crippen molar-refractivity contribution < 1.29 is 24.2 Å². The van der Waals surface area contributed by atoms with E-state index in [1.807, 2.05) is 0 Å². The number of benzene rings is 1. The first kappa shape index (κ1) is 16.2. The van der Waals surface area contributed by atoms with Crippen molar-refractivity contribution in [3.63, 3.8) is 0 Å². The largest absolute Gasteiger partial charge is 0.497 e. The zero-order chi connectivity index (χ0) is 15.0. The highest BCUT2D eigenvalue weighted by atomic mass is 32.2. The molecule has 7 heteroatoms. The van der Waals surface area contributed by atoms with E-state index < -0.39 is 5.97 Å². The summed E-state index contributed by atoms with van der Waals surface area (Å²) < 4.78 is 10.2. The number of hydrogen-bond donors (Lipinski definition) is 2. The molecule has 6 nitrogen and oxygen atoms in total. The van der Waals surface area contributed by atoms with Gasteiger partial charge in [0.05, 0.1) is 20.0 Å². The van der Waals surface area contributed by atoms with Gasteiger partial charge in [-0.2, -0.15) is 0 Å². The third-order valence-corrected chi connectivity index (χ3v) is 3.32. The first-order valence-electron chi connectivity index (χ1n) is 5.87. The number of aliphatic carboxylic acids is 1. The Kier molecular flexibility index (Phi) is 6.72. The Labute approximate surface area is 121 Å². The minimum atomic E-state index is -0.862. The molecular formula is C13H17NO5S. The predicted molar refractivity (Wildman–Crippen MR) is 76.8 cm³/mol. The molecule has 0 saturated heterocycles. The lowest BCUT2D eigenvalue weighted by Gasteiger charge is -2.09. The molecule has 1 aromatic rings. The van der Waals surface area contributed by atoms with Crippen molar-refractivity contribution in [1.82, 2.24) is 5.32 Å². The number of amides is 1. The van der Waals surface area contributed by atoms with Crippen LogP contribution in [-0.4, -0.2) is 49.3 Å². The minimum absolute atomic E-state index is 0.0306. The van der Waals surface area contributed by atoms with E-state index in [1.54, 1.807) is 18.2 Å². The maximum absolute atomic E-state index is 11.9. The van der Waals surface area contributed by atoms with E-state index in [0.29, 0.717) is 29.4 Å². The van der Waals surface area contributed by atoms with Gasteiger partial charge in [-0.15, -0.1) is 11.8 Å². The fourth-order valence-corrected chi connectivity index (χ4v) is 2.00. The topological polar surface area (TPSA) is 84.9 Å². The molecule has 1 amide bonds. The second-order valence-corrected chi connectivity index (χ2v) is 4.91. The molecule has 0 aliphatic carbocycles. The van der Waals surface area contributed by atoms with Gasteiger partial charge in [-0.05, 0) is 12.1 Å². The van der Waals surface area contributed by atoms with Crippen LogP contribution in [0.1, 0.15) is 10.4 Å². The van der Waals surface area contributed by atoms with Crippen LogP contribution < -0.4 is 14.8 Å². The molecule has 2 N–H and O–H groups in total. The van der Waals surface area contributed by atoms with Gasteiger partial charge in [-0.25, -0.2) is 0 Å². The van der Waals surface area contributed by atoms with E-state index in [1.165, 1.54) is 26.0 Å². The van der Waals surface area contributed by atoms with Gasteiger partial charge >= 0.3 is 5.97 Å². The van der Waals surface area contributed by atoms with Crippen molar-refractivity contribution in [2.75, 3.05) is 32.3 Å². The number of rotatable bonds is 8. The van der Waals surface area contributed by atoms with Crippen LogP contribution in [0.5, 0.6) is 11.5 Å². The van der Waals surface area contributed by atoms with Crippen LogP contribution in [0.2, 0.25) is 0 Å². The molecule has 0 saturated carbocycles. The SMILES string of the molecule is COc1cc(OC)cc(C(=O)NCCSCC(=O)O)c1. The van der Waals surface area contributed by atoms with E-state index in [9.17, 15) is 9.59 Å². The normalized spacial score (nSPS) is 9.90. The Morgan fingerprint density at radius 2 is 1.80 bits per heavy atom. The zero-order valence-electron chi connectivity index (χ0n) is 11.3. The number of hydrogen-bond acceptors (Lipinski definition) is 5. The predicted octanol–water partition coefficient (Wildman–Crippen LogP) is 1.25. The highest BCUT2D eigenvalue weighted by Gasteiger charge is 2.09. The van der Waals surface area contributed by atoms with Crippen LogP contribution >= 0.6 is 11.8 Å². The van der Waals surface area contributed by atoms with E-state index >= 15 is 0 Å². The summed E-state index contributed by atoms with van der Waals surface area (Å²) in [5, 5.41) is 11.2. The summed E-state index contributed by atoms with van der Waals surface area (Å²) in [6.45, 7) is 0.399. The van der Waals surface area contributed by atoms with Gasteiger partial charge < -0.3 is 19.9 Å². The van der Waals surface area contributed by atoms with Gasteiger partial charge in [0.15, 0.2) is 0 Å². The van der Waals surface area contributed by atoms with Crippen LogP contribution in [0.3, 0.4) is 0 Å². The van der Waals surface area contributed by atoms with E-state index in [2.05, 4.69) is 5.32 Å². The van der Waals surface area contributed by atoms with Gasteiger partial charge in [-0.1, -0.05) is 0 Å². The molecule has 110 valence electrons. The molecule has 0 unspecified atom stereocenters. The second kappa shape index (κ2) is 8.31. The van der Waals surface area contributed by atoms with Gasteiger partial charge in [-0.3, -0.25) is 9.59 Å². The average Bonchev–Trinajstić information content (AvgIpc) is 2.45. The summed E-state index contributed by atoms with van der Waals surface area (Å²) in [5.41, 5.74) is 0.435. The van der Waals surface area contributed by atoms with Gasteiger partial charge in [0, 0.05) is 23.9 Å². The standard InChI is InChI=1S/C13H17NO5S/c1-18-10-5-9(6-11(7-10)19-2)13(17)14-3-4-20-8-12(15)16/h5-7H,3-4,8H2,1-2H3,(H,14,17)(H,15,16). The van der Waals surface area contributed by atoms with Crippen LogP contribution in [-0.2, 0) is 4.79 Å². The number of carboxylic acid groups (broad SMARTS) is 1. The monoisotopic (exact) mass is 299 g/mol. The molecule has 0 atom stereocenters. The third kappa shape index (κ3) is 5.40. The Bertz CT molecular complexity index is 456.